The van der Waals surface area contributed by atoms with E-state index in [1.807, 2.05) is 0 Å². The van der Waals surface area contributed by atoms with E-state index in [1.165, 1.54) is 6.07 Å². The molecule has 0 aliphatic rings. The van der Waals surface area contributed by atoms with Crippen molar-refractivity contribution in [2.75, 3.05) is 11.9 Å². The minimum atomic E-state index is -0.414. The van der Waals surface area contributed by atoms with Crippen LogP contribution in [0.2, 0.25) is 0 Å². The van der Waals surface area contributed by atoms with Gasteiger partial charge in [0.1, 0.15) is 17.3 Å². The van der Waals surface area contributed by atoms with Crippen LogP contribution in [0.25, 0.3) is 0 Å². The van der Waals surface area contributed by atoms with Gasteiger partial charge in [-0.2, -0.15) is 0 Å². The molecule has 0 saturated heterocycles. The first-order valence-corrected chi connectivity index (χ1v) is 6.73. The van der Waals surface area contributed by atoms with Gasteiger partial charge >= 0.3 is 0 Å². The van der Waals surface area contributed by atoms with Crippen molar-refractivity contribution in [3.05, 3.63) is 52.2 Å². The molecule has 0 aliphatic carbocycles. The molecular weight excluding hydrogens is 270 g/mol. The summed E-state index contributed by atoms with van der Waals surface area (Å²) in [5.41, 5.74) is 0.549. The van der Waals surface area contributed by atoms with Crippen LogP contribution in [0.3, 0.4) is 0 Å². The smallest absolute Gasteiger partial charge is 0.276 e. The predicted octanol–water partition coefficient (Wildman–Crippen LogP) is 3.91. The molecule has 1 N–H and O–H groups in total. The zero-order valence-electron chi connectivity index (χ0n) is 12.0. The molecule has 1 heterocycles. The maximum Gasteiger partial charge on any atom is 0.276 e. The molecule has 6 heteroatoms. The van der Waals surface area contributed by atoms with Crippen LogP contribution >= 0.6 is 0 Å². The van der Waals surface area contributed by atoms with E-state index in [9.17, 15) is 10.1 Å². The van der Waals surface area contributed by atoms with E-state index in [2.05, 4.69) is 17.2 Å². The number of hydrogen-bond acceptors (Lipinski definition) is 5. The van der Waals surface area contributed by atoms with Gasteiger partial charge in [-0.3, -0.25) is 10.1 Å². The number of nitro groups is 1. The molecule has 0 aliphatic heterocycles. The minimum Gasteiger partial charge on any atom is -0.457 e. The van der Waals surface area contributed by atoms with Gasteiger partial charge in [0.2, 0.25) is 0 Å². The highest BCUT2D eigenvalue weighted by atomic mass is 16.6. The fourth-order valence-corrected chi connectivity index (χ4v) is 1.86. The number of aromatic nitrogens is 1. The number of anilines is 1. The zero-order chi connectivity index (χ0) is 15.2. The number of ether oxygens (including phenoxy) is 1. The fraction of sp³-hybridized carbons (Fsp3) is 0.267. The Balaban J connectivity index is 2.22. The van der Waals surface area contributed by atoms with Gasteiger partial charge in [0.15, 0.2) is 0 Å². The third-order valence-electron chi connectivity index (χ3n) is 2.97. The number of nitro benzene ring substituents is 1. The molecular formula is C15H17N3O3. The van der Waals surface area contributed by atoms with Gasteiger partial charge in [-0.25, -0.2) is 4.98 Å². The predicted molar refractivity (Wildman–Crippen MR) is 80.9 cm³/mol. The summed E-state index contributed by atoms with van der Waals surface area (Å²) in [6, 6.07) is 8.27. The lowest BCUT2D eigenvalue weighted by molar-refractivity contribution is -0.385. The lowest BCUT2D eigenvalue weighted by atomic mass is 10.2. The normalized spacial score (nSPS) is 10.2. The van der Waals surface area contributed by atoms with Crippen molar-refractivity contribution in [1.82, 2.24) is 4.98 Å². The molecule has 0 spiro atoms. The van der Waals surface area contributed by atoms with E-state index in [-0.39, 0.29) is 5.69 Å². The van der Waals surface area contributed by atoms with Crippen molar-refractivity contribution in [2.24, 2.45) is 0 Å². The van der Waals surface area contributed by atoms with Crippen molar-refractivity contribution < 1.29 is 9.66 Å². The van der Waals surface area contributed by atoms with Gasteiger partial charge in [-0.05, 0) is 25.5 Å². The third kappa shape index (κ3) is 3.68. The topological polar surface area (TPSA) is 77.3 Å². The lowest BCUT2D eigenvalue weighted by Crippen LogP contribution is -2.01. The van der Waals surface area contributed by atoms with Crippen LogP contribution in [0.5, 0.6) is 11.5 Å². The number of rotatable bonds is 6. The Morgan fingerprint density at radius 2 is 2.19 bits per heavy atom. The standard InChI is InChI=1S/C15H17N3O3/c1-3-8-16-15-10-12(7-9-17-15)21-14-6-4-5-13(11(14)2)18(19)20/h4-7,9-10H,3,8H2,1-2H3,(H,16,17). The van der Waals surface area contributed by atoms with Gasteiger partial charge in [-0.15, -0.1) is 0 Å². The molecule has 0 unspecified atom stereocenters. The van der Waals surface area contributed by atoms with E-state index in [4.69, 9.17) is 4.74 Å². The fourth-order valence-electron chi connectivity index (χ4n) is 1.86. The Morgan fingerprint density at radius 1 is 1.38 bits per heavy atom. The summed E-state index contributed by atoms with van der Waals surface area (Å²) in [5.74, 6) is 1.78. The molecule has 0 saturated carbocycles. The van der Waals surface area contributed by atoms with E-state index < -0.39 is 4.92 Å². The number of pyridine rings is 1. The number of hydrogen-bond donors (Lipinski definition) is 1. The summed E-state index contributed by atoms with van der Waals surface area (Å²) in [5, 5.41) is 14.1. The van der Waals surface area contributed by atoms with Crippen molar-refractivity contribution in [3.8, 4) is 11.5 Å². The first-order chi connectivity index (χ1) is 10.1. The van der Waals surface area contributed by atoms with E-state index in [0.29, 0.717) is 17.1 Å². The Kier molecular flexibility index (Phi) is 4.71. The maximum atomic E-state index is 10.9. The zero-order valence-corrected chi connectivity index (χ0v) is 12.0. The van der Waals surface area contributed by atoms with Gasteiger partial charge in [0.25, 0.3) is 5.69 Å². The van der Waals surface area contributed by atoms with E-state index >= 15 is 0 Å². The number of benzene rings is 1. The van der Waals surface area contributed by atoms with E-state index in [0.717, 1.165) is 18.8 Å². The van der Waals surface area contributed by atoms with Crippen molar-refractivity contribution in [2.45, 2.75) is 20.3 Å². The van der Waals surface area contributed by atoms with Crippen molar-refractivity contribution >= 4 is 11.5 Å². The van der Waals surface area contributed by atoms with Gasteiger partial charge in [-0.1, -0.05) is 13.0 Å². The van der Waals surface area contributed by atoms with Crippen LogP contribution in [0.4, 0.5) is 11.5 Å². The quantitative estimate of drug-likeness (QED) is 0.643. The number of nitrogens with one attached hydrogen (secondary N) is 1. The van der Waals surface area contributed by atoms with Crippen LogP contribution in [0.1, 0.15) is 18.9 Å². The summed E-state index contributed by atoms with van der Waals surface area (Å²) < 4.78 is 5.74. The average molecular weight is 287 g/mol. The molecule has 1 aromatic carbocycles. The summed E-state index contributed by atoms with van der Waals surface area (Å²) in [4.78, 5) is 14.7. The van der Waals surface area contributed by atoms with Crippen LogP contribution in [-0.2, 0) is 0 Å². The first-order valence-electron chi connectivity index (χ1n) is 6.73. The Labute approximate surface area is 122 Å². The molecule has 0 fully saturated rings. The summed E-state index contributed by atoms with van der Waals surface area (Å²) >= 11 is 0. The average Bonchev–Trinajstić information content (AvgIpc) is 2.47. The molecule has 110 valence electrons. The monoisotopic (exact) mass is 287 g/mol. The largest absolute Gasteiger partial charge is 0.457 e. The highest BCUT2D eigenvalue weighted by Gasteiger charge is 2.14. The second kappa shape index (κ2) is 6.69. The van der Waals surface area contributed by atoms with Gasteiger partial charge < -0.3 is 10.1 Å². The van der Waals surface area contributed by atoms with Crippen LogP contribution in [0.15, 0.2) is 36.5 Å². The summed E-state index contributed by atoms with van der Waals surface area (Å²) in [7, 11) is 0. The molecule has 2 aromatic rings. The first kappa shape index (κ1) is 14.8. The SMILES string of the molecule is CCCNc1cc(Oc2cccc([N+](=O)[O-])c2C)ccn1. The second-order valence-corrected chi connectivity index (χ2v) is 4.56. The summed E-state index contributed by atoms with van der Waals surface area (Å²) in [6.07, 6.45) is 2.64. The van der Waals surface area contributed by atoms with Gasteiger partial charge in [0, 0.05) is 24.9 Å². The Bertz CT molecular complexity index is 644. The lowest BCUT2D eigenvalue weighted by Gasteiger charge is -2.10. The van der Waals surface area contributed by atoms with Crippen LogP contribution in [0, 0.1) is 17.0 Å². The van der Waals surface area contributed by atoms with E-state index in [1.54, 1.807) is 37.4 Å². The molecule has 2 rings (SSSR count). The Hall–Kier alpha value is -2.63. The molecule has 6 nitrogen and oxygen atoms in total. The minimum absolute atomic E-state index is 0.0471. The molecule has 0 amide bonds. The second-order valence-electron chi connectivity index (χ2n) is 4.56. The Morgan fingerprint density at radius 3 is 2.90 bits per heavy atom. The number of nitrogens with zero attached hydrogens (tertiary/aromatic N) is 2. The summed E-state index contributed by atoms with van der Waals surface area (Å²) in [6.45, 7) is 4.57. The highest BCUT2D eigenvalue weighted by Crippen LogP contribution is 2.31. The van der Waals surface area contributed by atoms with Crippen molar-refractivity contribution in [3.63, 3.8) is 0 Å². The molecule has 0 atom stereocenters. The third-order valence-corrected chi connectivity index (χ3v) is 2.97. The molecule has 0 bridgehead atoms. The molecule has 21 heavy (non-hydrogen) atoms. The van der Waals surface area contributed by atoms with Gasteiger partial charge in [0.05, 0.1) is 10.5 Å². The highest BCUT2D eigenvalue weighted by molar-refractivity contribution is 5.50. The van der Waals surface area contributed by atoms with Crippen LogP contribution < -0.4 is 10.1 Å². The molecule has 1 aromatic heterocycles. The van der Waals surface area contributed by atoms with Crippen molar-refractivity contribution in [1.29, 1.82) is 0 Å². The maximum absolute atomic E-state index is 10.9. The molecule has 0 radical (unpaired) electrons. The van der Waals surface area contributed by atoms with Crippen LogP contribution in [-0.4, -0.2) is 16.5 Å².